The van der Waals surface area contributed by atoms with E-state index < -0.39 is 16.1 Å². The van der Waals surface area contributed by atoms with E-state index in [1.165, 1.54) is 35.6 Å². The first-order chi connectivity index (χ1) is 8.99. The van der Waals surface area contributed by atoms with Gasteiger partial charge in [-0.2, -0.15) is 11.3 Å². The summed E-state index contributed by atoms with van der Waals surface area (Å²) in [6.45, 7) is -0.0678. The molecule has 0 fully saturated rings. The molecule has 0 aliphatic rings. The summed E-state index contributed by atoms with van der Waals surface area (Å²) in [5.41, 5.74) is 0.698. The van der Waals surface area contributed by atoms with E-state index in [0.717, 1.165) is 0 Å². The molecule has 0 bridgehead atoms. The second-order valence-corrected chi connectivity index (χ2v) is 6.86. The van der Waals surface area contributed by atoms with Gasteiger partial charge in [0.1, 0.15) is 0 Å². The van der Waals surface area contributed by atoms with Crippen molar-refractivity contribution >= 4 is 33.0 Å². The van der Waals surface area contributed by atoms with Crippen LogP contribution < -0.4 is 4.72 Å². The Morgan fingerprint density at radius 2 is 1.95 bits per heavy atom. The first kappa shape index (κ1) is 14.5. The predicted molar refractivity (Wildman–Crippen MR) is 75.9 cm³/mol. The highest BCUT2D eigenvalue weighted by Gasteiger charge is 2.16. The van der Waals surface area contributed by atoms with Crippen molar-refractivity contribution in [1.29, 1.82) is 0 Å². The van der Waals surface area contributed by atoms with Crippen LogP contribution in [-0.4, -0.2) is 20.1 Å². The minimum Gasteiger partial charge on any atom is -0.387 e. The summed E-state index contributed by atoms with van der Waals surface area (Å²) in [7, 11) is -3.63. The summed E-state index contributed by atoms with van der Waals surface area (Å²) >= 11 is 7.15. The summed E-state index contributed by atoms with van der Waals surface area (Å²) in [5.74, 6) is 0. The van der Waals surface area contributed by atoms with E-state index in [0.29, 0.717) is 10.6 Å². The van der Waals surface area contributed by atoms with Crippen molar-refractivity contribution < 1.29 is 13.5 Å². The molecule has 7 heteroatoms. The zero-order valence-electron chi connectivity index (χ0n) is 9.78. The van der Waals surface area contributed by atoms with Gasteiger partial charge in [-0.1, -0.05) is 11.6 Å². The topological polar surface area (TPSA) is 66.4 Å². The lowest BCUT2D eigenvalue weighted by atomic mass is 10.2. The van der Waals surface area contributed by atoms with E-state index in [1.54, 1.807) is 11.4 Å². The van der Waals surface area contributed by atoms with Gasteiger partial charge in [0, 0.05) is 11.6 Å². The molecule has 102 valence electrons. The molecule has 2 aromatic rings. The molecule has 0 aliphatic carbocycles. The van der Waals surface area contributed by atoms with Crippen molar-refractivity contribution in [3.05, 3.63) is 51.7 Å². The third kappa shape index (κ3) is 3.77. The maximum Gasteiger partial charge on any atom is 0.240 e. The molecule has 1 atom stereocenters. The molecule has 4 nitrogen and oxygen atoms in total. The molecule has 1 aromatic carbocycles. The van der Waals surface area contributed by atoms with Crippen LogP contribution in [0.25, 0.3) is 0 Å². The molecule has 2 N–H and O–H groups in total. The zero-order chi connectivity index (χ0) is 13.9. The van der Waals surface area contributed by atoms with Crippen LogP contribution in [0.2, 0.25) is 5.02 Å². The molecule has 2 rings (SSSR count). The molecular formula is C12H12ClNO3S2. The molecule has 0 saturated carbocycles. The molecule has 1 unspecified atom stereocenters. The number of aliphatic hydroxyl groups excluding tert-OH is 1. The van der Waals surface area contributed by atoms with Gasteiger partial charge in [-0.25, -0.2) is 13.1 Å². The van der Waals surface area contributed by atoms with Gasteiger partial charge in [-0.3, -0.25) is 0 Å². The SMILES string of the molecule is O=S(=O)(NCC(O)c1ccsc1)c1ccc(Cl)cc1. The van der Waals surface area contributed by atoms with Crippen LogP contribution >= 0.6 is 22.9 Å². The number of halogens is 1. The minimum absolute atomic E-state index is 0.0678. The minimum atomic E-state index is -3.63. The lowest BCUT2D eigenvalue weighted by Gasteiger charge is -2.11. The lowest BCUT2D eigenvalue weighted by molar-refractivity contribution is 0.182. The van der Waals surface area contributed by atoms with E-state index >= 15 is 0 Å². The Kier molecular flexibility index (Phi) is 4.59. The molecule has 1 heterocycles. The smallest absolute Gasteiger partial charge is 0.240 e. The largest absolute Gasteiger partial charge is 0.387 e. The highest BCUT2D eigenvalue weighted by Crippen LogP contribution is 2.17. The molecule has 0 amide bonds. The number of benzene rings is 1. The fourth-order valence-corrected chi connectivity index (χ4v) is 3.34. The fourth-order valence-electron chi connectivity index (χ4n) is 1.47. The van der Waals surface area contributed by atoms with Gasteiger partial charge in [0.25, 0.3) is 0 Å². The van der Waals surface area contributed by atoms with Crippen LogP contribution in [0.1, 0.15) is 11.7 Å². The van der Waals surface area contributed by atoms with Gasteiger partial charge in [-0.15, -0.1) is 0 Å². The van der Waals surface area contributed by atoms with Crippen LogP contribution in [-0.2, 0) is 10.0 Å². The van der Waals surface area contributed by atoms with E-state index in [-0.39, 0.29) is 11.4 Å². The van der Waals surface area contributed by atoms with E-state index in [1.807, 2.05) is 5.38 Å². The maximum atomic E-state index is 12.0. The Morgan fingerprint density at radius 3 is 2.53 bits per heavy atom. The Labute approximate surface area is 120 Å². The molecule has 0 radical (unpaired) electrons. The van der Waals surface area contributed by atoms with Crippen molar-refractivity contribution in [1.82, 2.24) is 4.72 Å². The highest BCUT2D eigenvalue weighted by molar-refractivity contribution is 7.89. The normalized spacial score (nSPS) is 13.4. The third-order valence-corrected chi connectivity index (χ3v) is 4.91. The second-order valence-electron chi connectivity index (χ2n) is 3.88. The Bertz CT molecular complexity index is 624. The average Bonchev–Trinajstić information content (AvgIpc) is 2.90. The lowest BCUT2D eigenvalue weighted by Crippen LogP contribution is -2.28. The molecular weight excluding hydrogens is 306 g/mol. The molecule has 1 aromatic heterocycles. The fraction of sp³-hybridized carbons (Fsp3) is 0.167. The highest BCUT2D eigenvalue weighted by atomic mass is 35.5. The number of sulfonamides is 1. The van der Waals surface area contributed by atoms with Gasteiger partial charge in [-0.05, 0) is 46.7 Å². The Morgan fingerprint density at radius 1 is 1.26 bits per heavy atom. The van der Waals surface area contributed by atoms with E-state index in [2.05, 4.69) is 4.72 Å². The zero-order valence-corrected chi connectivity index (χ0v) is 12.2. The number of aliphatic hydroxyl groups is 1. The molecule has 0 spiro atoms. The van der Waals surface area contributed by atoms with Crippen molar-refractivity contribution in [2.24, 2.45) is 0 Å². The summed E-state index contributed by atoms with van der Waals surface area (Å²) in [4.78, 5) is 0.120. The van der Waals surface area contributed by atoms with Crippen molar-refractivity contribution in [2.75, 3.05) is 6.54 Å². The number of rotatable bonds is 5. The van der Waals surface area contributed by atoms with Gasteiger partial charge in [0.05, 0.1) is 11.0 Å². The Balaban J connectivity index is 2.04. The standard InChI is InChI=1S/C12H12ClNO3S2/c13-10-1-3-11(4-2-10)19(16,17)14-7-12(15)9-5-6-18-8-9/h1-6,8,12,14-15H,7H2. The quantitative estimate of drug-likeness (QED) is 0.890. The third-order valence-electron chi connectivity index (χ3n) is 2.52. The first-order valence-corrected chi connectivity index (χ1v) is 8.25. The van der Waals surface area contributed by atoms with Gasteiger partial charge < -0.3 is 5.11 Å². The summed E-state index contributed by atoms with van der Waals surface area (Å²) in [6.07, 6.45) is -0.853. The summed E-state index contributed by atoms with van der Waals surface area (Å²) in [5, 5.41) is 13.9. The summed E-state index contributed by atoms with van der Waals surface area (Å²) in [6, 6.07) is 7.60. The molecule has 19 heavy (non-hydrogen) atoms. The monoisotopic (exact) mass is 317 g/mol. The number of hydrogen-bond acceptors (Lipinski definition) is 4. The number of thiophene rings is 1. The molecule has 0 aliphatic heterocycles. The van der Waals surface area contributed by atoms with Crippen LogP contribution in [0.15, 0.2) is 46.0 Å². The summed E-state index contributed by atoms with van der Waals surface area (Å²) < 4.78 is 26.3. The number of hydrogen-bond donors (Lipinski definition) is 2. The Hall–Kier alpha value is -0.920. The van der Waals surface area contributed by atoms with E-state index in [9.17, 15) is 13.5 Å². The molecule has 0 saturated heterocycles. The van der Waals surface area contributed by atoms with Crippen molar-refractivity contribution in [3.63, 3.8) is 0 Å². The van der Waals surface area contributed by atoms with Crippen LogP contribution in [0, 0.1) is 0 Å². The van der Waals surface area contributed by atoms with Crippen molar-refractivity contribution in [3.8, 4) is 0 Å². The van der Waals surface area contributed by atoms with Crippen LogP contribution in [0.3, 0.4) is 0 Å². The predicted octanol–water partition coefficient (Wildman–Crippen LogP) is 2.41. The second kappa shape index (κ2) is 6.02. The number of nitrogens with one attached hydrogen (secondary N) is 1. The average molecular weight is 318 g/mol. The van der Waals surface area contributed by atoms with Crippen LogP contribution in [0.4, 0.5) is 0 Å². The van der Waals surface area contributed by atoms with Gasteiger partial charge in [0.15, 0.2) is 0 Å². The maximum absolute atomic E-state index is 12.0. The van der Waals surface area contributed by atoms with Gasteiger partial charge in [0.2, 0.25) is 10.0 Å². The van der Waals surface area contributed by atoms with Crippen molar-refractivity contribution in [2.45, 2.75) is 11.0 Å². The van der Waals surface area contributed by atoms with Gasteiger partial charge >= 0.3 is 0 Å². The van der Waals surface area contributed by atoms with Crippen LogP contribution in [0.5, 0.6) is 0 Å². The first-order valence-electron chi connectivity index (χ1n) is 5.44. The van der Waals surface area contributed by atoms with E-state index in [4.69, 9.17) is 11.6 Å².